The monoisotopic (exact) mass is 297 g/mol. The molecule has 2 heterocycles. The Kier molecular flexibility index (Phi) is 3.65. The van der Waals surface area contributed by atoms with Crippen molar-refractivity contribution in [1.82, 2.24) is 15.3 Å². The van der Waals surface area contributed by atoms with Gasteiger partial charge in [0.05, 0.1) is 17.8 Å². The van der Waals surface area contributed by atoms with E-state index in [2.05, 4.69) is 15.3 Å². The quantitative estimate of drug-likeness (QED) is 0.776. The second-order valence-electron chi connectivity index (χ2n) is 4.70. The van der Waals surface area contributed by atoms with E-state index in [9.17, 15) is 14.0 Å². The van der Waals surface area contributed by atoms with Crippen LogP contribution in [0.4, 0.5) is 4.39 Å². The summed E-state index contributed by atoms with van der Waals surface area (Å²) >= 11 is 0. The number of hydrogen-bond acceptors (Lipinski definition) is 3. The van der Waals surface area contributed by atoms with Gasteiger partial charge in [-0.3, -0.25) is 14.6 Å². The molecule has 2 N–H and O–H groups in total. The zero-order chi connectivity index (χ0) is 15.5. The highest BCUT2D eigenvalue weighted by Gasteiger charge is 2.14. The molecule has 0 unspecified atom stereocenters. The van der Waals surface area contributed by atoms with Crippen LogP contribution < -0.4 is 10.7 Å². The van der Waals surface area contributed by atoms with Gasteiger partial charge in [-0.05, 0) is 24.3 Å². The first-order valence-corrected chi connectivity index (χ1v) is 6.65. The number of aromatic amines is 1. The maximum atomic E-state index is 13.6. The summed E-state index contributed by atoms with van der Waals surface area (Å²) in [4.78, 5) is 31.1. The zero-order valence-corrected chi connectivity index (χ0v) is 11.5. The van der Waals surface area contributed by atoms with Crippen LogP contribution in [0.3, 0.4) is 0 Å². The standard InChI is InChI=1S/C16H12FN3O2/c17-13-6-3-5-11-14(13)19-9-12(15(11)21)16(22)20-8-10-4-1-2-7-18-10/h1-7,9H,8H2,(H,19,21)(H,20,22). The molecule has 3 aromatic rings. The topological polar surface area (TPSA) is 74.8 Å². The molecule has 0 radical (unpaired) electrons. The number of rotatable bonds is 3. The van der Waals surface area contributed by atoms with Crippen LogP contribution in [0.25, 0.3) is 10.9 Å². The number of fused-ring (bicyclic) bond motifs is 1. The maximum absolute atomic E-state index is 13.6. The highest BCUT2D eigenvalue weighted by Crippen LogP contribution is 2.12. The lowest BCUT2D eigenvalue weighted by atomic mass is 10.1. The van der Waals surface area contributed by atoms with Crippen LogP contribution in [0.1, 0.15) is 16.1 Å². The van der Waals surface area contributed by atoms with Gasteiger partial charge in [0.25, 0.3) is 5.91 Å². The summed E-state index contributed by atoms with van der Waals surface area (Å²) in [5, 5.41) is 2.76. The van der Waals surface area contributed by atoms with Crippen molar-refractivity contribution in [1.29, 1.82) is 0 Å². The van der Waals surface area contributed by atoms with Crippen molar-refractivity contribution in [2.45, 2.75) is 6.54 Å². The first-order chi connectivity index (χ1) is 10.7. The van der Waals surface area contributed by atoms with E-state index in [-0.39, 0.29) is 23.0 Å². The van der Waals surface area contributed by atoms with Crippen molar-refractivity contribution in [3.63, 3.8) is 0 Å². The van der Waals surface area contributed by atoms with Crippen molar-refractivity contribution < 1.29 is 9.18 Å². The third-order valence-corrected chi connectivity index (χ3v) is 3.26. The minimum Gasteiger partial charge on any atom is -0.358 e. The maximum Gasteiger partial charge on any atom is 0.257 e. The van der Waals surface area contributed by atoms with Gasteiger partial charge in [0.2, 0.25) is 5.43 Å². The lowest BCUT2D eigenvalue weighted by Crippen LogP contribution is -2.28. The molecule has 0 spiro atoms. The van der Waals surface area contributed by atoms with E-state index in [1.54, 1.807) is 24.4 Å². The summed E-state index contributed by atoms with van der Waals surface area (Å²) in [6.45, 7) is 0.209. The summed E-state index contributed by atoms with van der Waals surface area (Å²) in [5.74, 6) is -1.06. The van der Waals surface area contributed by atoms with Crippen LogP contribution in [-0.2, 0) is 6.54 Å². The molecule has 0 atom stereocenters. The van der Waals surface area contributed by atoms with Crippen LogP contribution >= 0.6 is 0 Å². The van der Waals surface area contributed by atoms with Crippen LogP contribution in [-0.4, -0.2) is 15.9 Å². The first-order valence-electron chi connectivity index (χ1n) is 6.65. The predicted molar refractivity (Wildman–Crippen MR) is 79.9 cm³/mol. The lowest BCUT2D eigenvalue weighted by molar-refractivity contribution is 0.0949. The van der Waals surface area contributed by atoms with E-state index < -0.39 is 17.2 Å². The molecule has 0 aliphatic heterocycles. The molecule has 1 aromatic carbocycles. The summed E-state index contributed by atoms with van der Waals surface area (Å²) in [7, 11) is 0. The van der Waals surface area contributed by atoms with Crippen LogP contribution in [0, 0.1) is 5.82 Å². The van der Waals surface area contributed by atoms with Gasteiger partial charge in [-0.2, -0.15) is 0 Å². The summed E-state index contributed by atoms with van der Waals surface area (Å²) < 4.78 is 13.6. The molecule has 1 amide bonds. The van der Waals surface area contributed by atoms with Gasteiger partial charge in [-0.15, -0.1) is 0 Å². The second kappa shape index (κ2) is 5.77. The van der Waals surface area contributed by atoms with Crippen molar-refractivity contribution in [2.24, 2.45) is 0 Å². The number of carbonyl (C=O) groups excluding carboxylic acids is 1. The average molecular weight is 297 g/mol. The van der Waals surface area contributed by atoms with Gasteiger partial charge in [0.15, 0.2) is 0 Å². The summed E-state index contributed by atoms with van der Waals surface area (Å²) in [6.07, 6.45) is 2.84. The van der Waals surface area contributed by atoms with Crippen molar-refractivity contribution in [2.75, 3.05) is 0 Å². The largest absolute Gasteiger partial charge is 0.358 e. The van der Waals surface area contributed by atoms with Gasteiger partial charge in [-0.1, -0.05) is 12.1 Å². The molecule has 0 bridgehead atoms. The highest BCUT2D eigenvalue weighted by atomic mass is 19.1. The molecule has 2 aromatic heterocycles. The number of para-hydroxylation sites is 1. The number of H-pyrrole nitrogens is 1. The Balaban J connectivity index is 1.88. The fraction of sp³-hybridized carbons (Fsp3) is 0.0625. The molecule has 0 saturated carbocycles. The molecule has 110 valence electrons. The second-order valence-corrected chi connectivity index (χ2v) is 4.70. The number of carbonyl (C=O) groups is 1. The zero-order valence-electron chi connectivity index (χ0n) is 11.5. The van der Waals surface area contributed by atoms with Gasteiger partial charge in [-0.25, -0.2) is 4.39 Å². The Bertz CT molecular complexity index is 891. The van der Waals surface area contributed by atoms with Crippen molar-refractivity contribution in [3.8, 4) is 0 Å². The number of pyridine rings is 2. The number of halogens is 1. The number of nitrogens with zero attached hydrogens (tertiary/aromatic N) is 1. The number of amides is 1. The van der Waals surface area contributed by atoms with Gasteiger partial charge in [0, 0.05) is 17.8 Å². The predicted octanol–water partition coefficient (Wildman–Crippen LogP) is 1.99. The molecule has 22 heavy (non-hydrogen) atoms. The summed E-state index contributed by atoms with van der Waals surface area (Å²) in [5.41, 5.74) is 0.202. The Morgan fingerprint density at radius 2 is 2.09 bits per heavy atom. The highest BCUT2D eigenvalue weighted by molar-refractivity contribution is 5.97. The Morgan fingerprint density at radius 3 is 2.86 bits per heavy atom. The van der Waals surface area contributed by atoms with E-state index in [4.69, 9.17) is 0 Å². The molecule has 0 aliphatic carbocycles. The lowest BCUT2D eigenvalue weighted by Gasteiger charge is -2.06. The van der Waals surface area contributed by atoms with E-state index >= 15 is 0 Å². The number of benzene rings is 1. The fourth-order valence-corrected chi connectivity index (χ4v) is 2.15. The van der Waals surface area contributed by atoms with E-state index in [1.165, 1.54) is 24.4 Å². The Morgan fingerprint density at radius 1 is 1.23 bits per heavy atom. The van der Waals surface area contributed by atoms with Gasteiger partial charge in [0.1, 0.15) is 11.4 Å². The molecular formula is C16H12FN3O2. The molecular weight excluding hydrogens is 285 g/mol. The van der Waals surface area contributed by atoms with Crippen molar-refractivity contribution >= 4 is 16.8 Å². The Hall–Kier alpha value is -3.02. The van der Waals surface area contributed by atoms with Crippen LogP contribution in [0.2, 0.25) is 0 Å². The molecule has 6 heteroatoms. The molecule has 0 fully saturated rings. The molecule has 0 aliphatic rings. The fourth-order valence-electron chi connectivity index (χ4n) is 2.15. The Labute approximate surface area is 124 Å². The van der Waals surface area contributed by atoms with E-state index in [0.29, 0.717) is 5.69 Å². The van der Waals surface area contributed by atoms with E-state index in [1.807, 2.05) is 0 Å². The van der Waals surface area contributed by atoms with Gasteiger partial charge >= 0.3 is 0 Å². The van der Waals surface area contributed by atoms with E-state index in [0.717, 1.165) is 0 Å². The third-order valence-electron chi connectivity index (χ3n) is 3.26. The van der Waals surface area contributed by atoms with Crippen LogP contribution in [0.5, 0.6) is 0 Å². The van der Waals surface area contributed by atoms with Gasteiger partial charge < -0.3 is 10.3 Å². The normalized spacial score (nSPS) is 10.6. The minimum atomic E-state index is -0.532. The third kappa shape index (κ3) is 2.58. The number of nitrogens with one attached hydrogen (secondary N) is 2. The van der Waals surface area contributed by atoms with Crippen LogP contribution in [0.15, 0.2) is 53.6 Å². The summed E-state index contributed by atoms with van der Waals surface area (Å²) in [6, 6.07) is 9.50. The molecule has 3 rings (SSSR count). The number of aromatic nitrogens is 2. The minimum absolute atomic E-state index is 0.0611. The SMILES string of the molecule is O=C(NCc1ccccn1)c1c[nH]c2c(F)cccc2c1=O. The average Bonchev–Trinajstić information content (AvgIpc) is 2.55. The first kappa shape index (κ1) is 13.9. The molecule has 5 nitrogen and oxygen atoms in total. The van der Waals surface area contributed by atoms with Crippen molar-refractivity contribution in [3.05, 3.63) is 76.1 Å². The number of hydrogen-bond donors (Lipinski definition) is 2. The smallest absolute Gasteiger partial charge is 0.257 e. The molecule has 0 saturated heterocycles.